The number of carbonyl (C=O) groups excluding carboxylic acids is 3. The Morgan fingerprint density at radius 2 is 1.52 bits per heavy atom. The lowest BCUT2D eigenvalue weighted by atomic mass is 9.64. The molecule has 7 heteroatoms. The van der Waals surface area contributed by atoms with Crippen LogP contribution in [0.2, 0.25) is 0 Å². The Bertz CT molecular complexity index is 1860. The van der Waals surface area contributed by atoms with Crippen LogP contribution in [0, 0.1) is 12.3 Å². The minimum absolute atomic E-state index is 0.237. The van der Waals surface area contributed by atoms with Crippen molar-refractivity contribution in [3.05, 3.63) is 124 Å². The number of fused-ring (bicyclic) bond motifs is 5. The number of aryl methyl sites for hydroxylation is 1. The van der Waals surface area contributed by atoms with Crippen molar-refractivity contribution in [3.63, 3.8) is 0 Å². The number of hydrogen-bond acceptors (Lipinski definition) is 7. The van der Waals surface area contributed by atoms with Gasteiger partial charge in [0, 0.05) is 33.9 Å². The number of benzene rings is 4. The summed E-state index contributed by atoms with van der Waals surface area (Å²) >= 11 is 0. The number of carbonyl (C=O) groups is 3. The van der Waals surface area contributed by atoms with Gasteiger partial charge in [-0.25, -0.2) is 0 Å². The Balaban J connectivity index is 1.58. The third-order valence-corrected chi connectivity index (χ3v) is 9.35. The molecule has 3 atom stereocenters. The number of methoxy groups -OCH3 is 3. The van der Waals surface area contributed by atoms with E-state index >= 15 is 0 Å². The second kappa shape index (κ2) is 10.2. The van der Waals surface area contributed by atoms with E-state index in [-0.39, 0.29) is 17.3 Å². The molecular formula is C37H31NO6. The fourth-order valence-electron chi connectivity index (χ4n) is 7.54. The zero-order valence-corrected chi connectivity index (χ0v) is 24.9. The van der Waals surface area contributed by atoms with Gasteiger partial charge >= 0.3 is 0 Å². The summed E-state index contributed by atoms with van der Waals surface area (Å²) < 4.78 is 17.1. The molecule has 0 bridgehead atoms. The summed E-state index contributed by atoms with van der Waals surface area (Å²) in [5.74, 6) is -0.412. The third kappa shape index (κ3) is 3.65. The summed E-state index contributed by atoms with van der Waals surface area (Å²) in [6, 6.07) is 23.6. The summed E-state index contributed by atoms with van der Waals surface area (Å²) in [5, 5.41) is 0. The van der Waals surface area contributed by atoms with Crippen LogP contribution in [0.1, 0.15) is 53.7 Å². The number of anilines is 1. The van der Waals surface area contributed by atoms with Crippen LogP contribution in [0.15, 0.2) is 91.0 Å². The predicted octanol–water partition coefficient (Wildman–Crippen LogP) is 6.34. The van der Waals surface area contributed by atoms with E-state index in [1.807, 2.05) is 48.2 Å². The van der Waals surface area contributed by atoms with Crippen molar-refractivity contribution < 1.29 is 28.6 Å². The molecule has 1 spiro atoms. The van der Waals surface area contributed by atoms with E-state index in [0.717, 1.165) is 16.8 Å². The topological polar surface area (TPSA) is 82.1 Å². The highest BCUT2D eigenvalue weighted by atomic mass is 16.5. The van der Waals surface area contributed by atoms with Gasteiger partial charge in [0.1, 0.15) is 17.2 Å². The fourth-order valence-corrected chi connectivity index (χ4v) is 7.54. The first kappa shape index (κ1) is 27.7. The minimum Gasteiger partial charge on any atom is -0.497 e. The van der Waals surface area contributed by atoms with Crippen LogP contribution in [0.25, 0.3) is 6.08 Å². The van der Waals surface area contributed by atoms with Crippen LogP contribution >= 0.6 is 0 Å². The Morgan fingerprint density at radius 3 is 2.20 bits per heavy atom. The van der Waals surface area contributed by atoms with Crippen LogP contribution in [-0.2, 0) is 0 Å². The van der Waals surface area contributed by atoms with E-state index in [4.69, 9.17) is 14.2 Å². The van der Waals surface area contributed by atoms with Gasteiger partial charge in [0.2, 0.25) is 0 Å². The average molecular weight is 586 g/mol. The molecule has 4 aromatic carbocycles. The van der Waals surface area contributed by atoms with Crippen molar-refractivity contribution in [1.29, 1.82) is 0 Å². The Hall–Kier alpha value is -5.17. The van der Waals surface area contributed by atoms with Crippen molar-refractivity contribution in [2.45, 2.75) is 24.9 Å². The molecule has 1 fully saturated rings. The molecule has 2 aliphatic heterocycles. The zero-order chi connectivity index (χ0) is 30.7. The largest absolute Gasteiger partial charge is 0.497 e. The molecule has 44 heavy (non-hydrogen) atoms. The van der Waals surface area contributed by atoms with Gasteiger partial charge in [-0.15, -0.1) is 0 Å². The quantitative estimate of drug-likeness (QED) is 0.193. The summed E-state index contributed by atoms with van der Waals surface area (Å²) in [5.41, 5.74) is 2.79. The Morgan fingerprint density at radius 1 is 0.795 bits per heavy atom. The van der Waals surface area contributed by atoms with Gasteiger partial charge in [0.05, 0.1) is 27.4 Å². The number of para-hydroxylation sites is 1. The molecule has 220 valence electrons. The summed E-state index contributed by atoms with van der Waals surface area (Å²) in [4.78, 5) is 46.8. The standard InChI is InChI=1S/C37H31NO6/c1-21-15-17-28-22(19-21)16-18-30-37(35(40)25-11-5-6-12-26(25)36(37)41)31(27-13-8-14-29(43-3)34(27)44-4)32(38(28)30)33(39)23-9-7-10-24(20-23)42-2/h5-20,30-32H,1-4H3/t30-,31+,32+/m1/s1. The maximum atomic E-state index is 15.0. The van der Waals surface area contributed by atoms with Crippen molar-refractivity contribution in [2.75, 3.05) is 26.2 Å². The zero-order valence-electron chi connectivity index (χ0n) is 24.9. The van der Waals surface area contributed by atoms with Gasteiger partial charge in [0.15, 0.2) is 28.8 Å². The van der Waals surface area contributed by atoms with Crippen LogP contribution in [0.4, 0.5) is 5.69 Å². The molecule has 0 unspecified atom stereocenters. The van der Waals surface area contributed by atoms with Gasteiger partial charge in [0.25, 0.3) is 0 Å². The first-order valence-electron chi connectivity index (χ1n) is 14.5. The second-order valence-corrected chi connectivity index (χ2v) is 11.4. The molecule has 0 N–H and O–H groups in total. The maximum Gasteiger partial charge on any atom is 0.186 e. The Kier molecular flexibility index (Phi) is 6.43. The van der Waals surface area contributed by atoms with Crippen molar-refractivity contribution in [3.8, 4) is 17.2 Å². The van der Waals surface area contributed by atoms with Crippen molar-refractivity contribution >= 4 is 29.1 Å². The summed E-state index contributed by atoms with van der Waals surface area (Å²) in [6.07, 6.45) is 3.88. The van der Waals surface area contributed by atoms with Gasteiger partial charge in [-0.1, -0.05) is 72.3 Å². The van der Waals surface area contributed by atoms with Gasteiger partial charge in [-0.05, 0) is 42.8 Å². The molecule has 2 heterocycles. The number of ketones is 3. The number of Topliss-reactive ketones (excluding diaryl/α,β-unsaturated/α-hetero) is 3. The van der Waals surface area contributed by atoms with E-state index < -0.39 is 23.4 Å². The molecule has 3 aliphatic rings. The van der Waals surface area contributed by atoms with Crippen LogP contribution < -0.4 is 19.1 Å². The van der Waals surface area contributed by atoms with Crippen molar-refractivity contribution in [2.24, 2.45) is 5.41 Å². The van der Waals surface area contributed by atoms with Crippen LogP contribution in [0.5, 0.6) is 17.2 Å². The van der Waals surface area contributed by atoms with Gasteiger partial charge < -0.3 is 19.1 Å². The SMILES string of the molecule is COc1cccc(C(=O)[C@@H]2[C@H](c3cccc(OC)c3OC)C3(C(=O)c4ccccc4C3=O)[C@H]3C=Cc4cc(C)ccc4N23)c1. The minimum atomic E-state index is -1.65. The highest BCUT2D eigenvalue weighted by Crippen LogP contribution is 2.62. The lowest BCUT2D eigenvalue weighted by Crippen LogP contribution is -2.48. The molecule has 0 radical (unpaired) electrons. The predicted molar refractivity (Wildman–Crippen MR) is 167 cm³/mol. The fraction of sp³-hybridized carbons (Fsp3) is 0.216. The maximum absolute atomic E-state index is 15.0. The highest BCUT2D eigenvalue weighted by Gasteiger charge is 2.72. The number of hydrogen-bond donors (Lipinski definition) is 0. The molecule has 1 aliphatic carbocycles. The van der Waals surface area contributed by atoms with Crippen LogP contribution in [0.3, 0.4) is 0 Å². The van der Waals surface area contributed by atoms with E-state index in [1.54, 1.807) is 67.8 Å². The van der Waals surface area contributed by atoms with E-state index in [9.17, 15) is 14.4 Å². The first-order valence-corrected chi connectivity index (χ1v) is 14.5. The smallest absolute Gasteiger partial charge is 0.186 e. The Labute approximate surface area is 255 Å². The molecule has 0 amide bonds. The molecule has 7 nitrogen and oxygen atoms in total. The average Bonchev–Trinajstić information content (AvgIpc) is 3.49. The third-order valence-electron chi connectivity index (χ3n) is 9.35. The summed E-state index contributed by atoms with van der Waals surface area (Å²) in [7, 11) is 4.62. The molecule has 1 saturated heterocycles. The van der Waals surface area contributed by atoms with E-state index in [0.29, 0.717) is 39.5 Å². The van der Waals surface area contributed by atoms with Crippen LogP contribution in [-0.4, -0.2) is 50.8 Å². The number of ether oxygens (including phenoxy) is 3. The number of rotatable bonds is 6. The van der Waals surface area contributed by atoms with Gasteiger partial charge in [-0.3, -0.25) is 14.4 Å². The van der Waals surface area contributed by atoms with Crippen molar-refractivity contribution in [1.82, 2.24) is 0 Å². The molecule has 0 saturated carbocycles. The first-order chi connectivity index (χ1) is 21.4. The highest BCUT2D eigenvalue weighted by molar-refractivity contribution is 6.32. The molecule has 7 rings (SSSR count). The van der Waals surface area contributed by atoms with E-state index in [1.165, 1.54) is 14.2 Å². The number of nitrogens with zero attached hydrogens (tertiary/aromatic N) is 1. The molecule has 4 aromatic rings. The summed E-state index contributed by atoms with van der Waals surface area (Å²) in [6.45, 7) is 2.01. The lowest BCUT2D eigenvalue weighted by molar-refractivity contribution is 0.0664. The normalized spacial score (nSPS) is 20.7. The molecular weight excluding hydrogens is 554 g/mol. The monoisotopic (exact) mass is 585 g/mol. The lowest BCUT2D eigenvalue weighted by Gasteiger charge is -2.37. The second-order valence-electron chi connectivity index (χ2n) is 11.4. The van der Waals surface area contributed by atoms with E-state index in [2.05, 4.69) is 0 Å². The van der Waals surface area contributed by atoms with Gasteiger partial charge in [-0.2, -0.15) is 0 Å². The molecule has 0 aromatic heterocycles.